The van der Waals surface area contributed by atoms with Gasteiger partial charge in [0.2, 0.25) is 0 Å². The summed E-state index contributed by atoms with van der Waals surface area (Å²) in [5.41, 5.74) is 3.50. The van der Waals surface area contributed by atoms with Crippen LogP contribution in [0.2, 0.25) is 0 Å². The maximum Gasteiger partial charge on any atom is 0.325 e. The number of rotatable bonds is 3. The Morgan fingerprint density at radius 3 is 2.44 bits per heavy atom. The Balaban J connectivity index is 1.73. The van der Waals surface area contributed by atoms with Crippen LogP contribution in [-0.4, -0.2) is 11.0 Å². The number of nitrogens with one attached hydrogen (secondary N) is 2. The molecule has 1 heterocycles. The number of hydrogen-bond acceptors (Lipinski definition) is 3. The third-order valence-corrected chi connectivity index (χ3v) is 4.49. The average molecular weight is 359 g/mol. The predicted octanol–water partition coefficient (Wildman–Crippen LogP) is 5.35. The molecule has 2 aromatic carbocycles. The minimum atomic E-state index is -0.842. The molecule has 2 N–H and O–H groups in total. The molecular formula is C18H15F2N3OS. The van der Waals surface area contributed by atoms with E-state index in [1.54, 1.807) is 0 Å². The Morgan fingerprint density at radius 2 is 1.76 bits per heavy atom. The fourth-order valence-corrected chi connectivity index (χ4v) is 2.94. The van der Waals surface area contributed by atoms with E-state index in [0.29, 0.717) is 5.13 Å². The first kappa shape index (κ1) is 17.0. The normalized spacial score (nSPS) is 10.6. The van der Waals surface area contributed by atoms with Crippen LogP contribution in [0.3, 0.4) is 0 Å². The van der Waals surface area contributed by atoms with Crippen molar-refractivity contribution < 1.29 is 13.6 Å². The van der Waals surface area contributed by atoms with E-state index >= 15 is 0 Å². The molecule has 2 amide bonds. The van der Waals surface area contributed by atoms with Crippen molar-refractivity contribution >= 4 is 28.2 Å². The van der Waals surface area contributed by atoms with Crippen molar-refractivity contribution in [3.63, 3.8) is 0 Å². The smallest absolute Gasteiger partial charge is 0.302 e. The van der Waals surface area contributed by atoms with Gasteiger partial charge in [-0.1, -0.05) is 18.2 Å². The lowest BCUT2D eigenvalue weighted by Crippen LogP contribution is -2.20. The fraction of sp³-hybridized carbons (Fsp3) is 0.111. The monoisotopic (exact) mass is 359 g/mol. The maximum absolute atomic E-state index is 13.5. The van der Waals surface area contributed by atoms with Crippen molar-refractivity contribution in [1.29, 1.82) is 0 Å². The number of amides is 2. The topological polar surface area (TPSA) is 54.0 Å². The second-order valence-electron chi connectivity index (χ2n) is 5.51. The molecule has 0 unspecified atom stereocenters. The predicted molar refractivity (Wildman–Crippen MR) is 96.0 cm³/mol. The summed E-state index contributed by atoms with van der Waals surface area (Å²) in [6.45, 7) is 4.04. The molecule has 0 atom stereocenters. The van der Waals surface area contributed by atoms with Gasteiger partial charge in [0.1, 0.15) is 17.3 Å². The Labute approximate surface area is 147 Å². The molecule has 3 aromatic rings. The van der Waals surface area contributed by atoms with E-state index in [4.69, 9.17) is 0 Å². The minimum absolute atomic E-state index is 0.336. The summed E-state index contributed by atoms with van der Waals surface area (Å²) in [5, 5.41) is 6.79. The van der Waals surface area contributed by atoms with Gasteiger partial charge in [0.05, 0.1) is 5.69 Å². The largest absolute Gasteiger partial charge is 0.325 e. The Kier molecular flexibility index (Phi) is 4.76. The number of halogens is 2. The summed E-state index contributed by atoms with van der Waals surface area (Å²) in [4.78, 5) is 16.3. The number of benzene rings is 2. The van der Waals surface area contributed by atoms with Gasteiger partial charge in [-0.05, 0) is 43.2 Å². The van der Waals surface area contributed by atoms with Gasteiger partial charge in [-0.2, -0.15) is 0 Å². The van der Waals surface area contributed by atoms with Crippen molar-refractivity contribution in [2.45, 2.75) is 13.8 Å². The van der Waals surface area contributed by atoms with E-state index in [-0.39, 0.29) is 0 Å². The second kappa shape index (κ2) is 6.98. The third-order valence-electron chi connectivity index (χ3n) is 3.73. The Bertz CT molecular complexity index is 920. The molecule has 0 aliphatic carbocycles. The number of carbonyl (C=O) groups is 1. The van der Waals surface area contributed by atoms with E-state index in [2.05, 4.69) is 15.6 Å². The van der Waals surface area contributed by atoms with Crippen LogP contribution in [0.1, 0.15) is 11.1 Å². The van der Waals surface area contributed by atoms with Gasteiger partial charge in [-0.3, -0.25) is 5.32 Å². The number of aryl methyl sites for hydroxylation is 2. The third kappa shape index (κ3) is 3.83. The summed E-state index contributed by atoms with van der Waals surface area (Å²) < 4.78 is 27.1. The summed E-state index contributed by atoms with van der Waals surface area (Å²) in [6, 6.07) is 8.58. The first-order valence-corrected chi connectivity index (χ1v) is 8.37. The van der Waals surface area contributed by atoms with Gasteiger partial charge in [0, 0.05) is 10.9 Å². The zero-order valence-corrected chi connectivity index (χ0v) is 14.4. The maximum atomic E-state index is 13.5. The van der Waals surface area contributed by atoms with Crippen LogP contribution in [0.4, 0.5) is 24.4 Å². The van der Waals surface area contributed by atoms with Crippen LogP contribution in [0.15, 0.2) is 41.8 Å². The molecule has 0 aliphatic rings. The molecule has 0 saturated carbocycles. The number of thiazole rings is 1. The van der Waals surface area contributed by atoms with Crippen LogP contribution in [-0.2, 0) is 0 Å². The number of hydrogen-bond donors (Lipinski definition) is 2. The SMILES string of the molecule is Cc1ccc(-c2csc(NC(=O)Nc3c(F)cccc3F)n2)cc1C. The van der Waals surface area contributed by atoms with Crippen LogP contribution in [0.5, 0.6) is 0 Å². The standard InChI is InChI=1S/C18H15F2N3OS/c1-10-6-7-12(8-11(10)2)15-9-25-18(21-15)23-17(24)22-16-13(19)4-3-5-14(16)20/h3-9H,1-2H3,(H2,21,22,23,24). The Hall–Kier alpha value is -2.80. The highest BCUT2D eigenvalue weighted by Gasteiger charge is 2.13. The first-order valence-electron chi connectivity index (χ1n) is 7.49. The van der Waals surface area contributed by atoms with Crippen molar-refractivity contribution in [3.05, 3.63) is 64.5 Å². The minimum Gasteiger partial charge on any atom is -0.302 e. The number of carbonyl (C=O) groups excluding carboxylic acids is 1. The molecule has 7 heteroatoms. The number of urea groups is 1. The molecule has 0 aliphatic heterocycles. The van der Waals surface area contributed by atoms with Gasteiger partial charge in [0.15, 0.2) is 5.13 Å². The molecule has 25 heavy (non-hydrogen) atoms. The lowest BCUT2D eigenvalue weighted by Gasteiger charge is -2.07. The molecule has 0 fully saturated rings. The molecule has 0 saturated heterocycles. The van der Waals surface area contributed by atoms with Gasteiger partial charge in [0.25, 0.3) is 0 Å². The molecule has 3 rings (SSSR count). The Morgan fingerprint density at radius 1 is 1.04 bits per heavy atom. The summed E-state index contributed by atoms with van der Waals surface area (Å²) in [7, 11) is 0. The van der Waals surface area contributed by atoms with Crippen LogP contribution in [0.25, 0.3) is 11.3 Å². The molecule has 0 radical (unpaired) electrons. The lowest BCUT2D eigenvalue weighted by molar-refractivity contribution is 0.262. The average Bonchev–Trinajstić information content (AvgIpc) is 3.02. The van der Waals surface area contributed by atoms with E-state index in [9.17, 15) is 13.6 Å². The molecule has 0 bridgehead atoms. The van der Waals surface area contributed by atoms with Gasteiger partial charge < -0.3 is 5.32 Å². The number of para-hydroxylation sites is 1. The highest BCUT2D eigenvalue weighted by molar-refractivity contribution is 7.14. The van der Waals surface area contributed by atoms with Crippen molar-refractivity contribution in [3.8, 4) is 11.3 Å². The van der Waals surface area contributed by atoms with E-state index in [0.717, 1.165) is 29.0 Å². The number of aromatic nitrogens is 1. The van der Waals surface area contributed by atoms with Gasteiger partial charge in [-0.15, -0.1) is 11.3 Å². The summed E-state index contributed by atoms with van der Waals surface area (Å²) in [6.07, 6.45) is 0. The van der Waals surface area contributed by atoms with Gasteiger partial charge in [-0.25, -0.2) is 18.6 Å². The van der Waals surface area contributed by atoms with Crippen molar-refractivity contribution in [2.24, 2.45) is 0 Å². The van der Waals surface area contributed by atoms with Crippen molar-refractivity contribution in [1.82, 2.24) is 4.98 Å². The number of anilines is 2. The van der Waals surface area contributed by atoms with Crippen molar-refractivity contribution in [2.75, 3.05) is 10.6 Å². The van der Waals surface area contributed by atoms with E-state index in [1.807, 2.05) is 37.4 Å². The molecule has 4 nitrogen and oxygen atoms in total. The summed E-state index contributed by atoms with van der Waals surface area (Å²) >= 11 is 1.23. The zero-order valence-electron chi connectivity index (χ0n) is 13.6. The quantitative estimate of drug-likeness (QED) is 0.662. The highest BCUT2D eigenvalue weighted by Crippen LogP contribution is 2.27. The van der Waals surface area contributed by atoms with Crippen LogP contribution >= 0.6 is 11.3 Å². The molecule has 0 spiro atoms. The molecular weight excluding hydrogens is 344 g/mol. The highest BCUT2D eigenvalue weighted by atomic mass is 32.1. The molecule has 128 valence electrons. The second-order valence-corrected chi connectivity index (χ2v) is 6.37. The molecule has 1 aromatic heterocycles. The van der Waals surface area contributed by atoms with Gasteiger partial charge >= 0.3 is 6.03 Å². The van der Waals surface area contributed by atoms with E-state index < -0.39 is 23.4 Å². The number of nitrogens with zero attached hydrogens (tertiary/aromatic N) is 1. The van der Waals surface area contributed by atoms with Crippen LogP contribution < -0.4 is 10.6 Å². The zero-order chi connectivity index (χ0) is 18.0. The fourth-order valence-electron chi connectivity index (χ4n) is 2.22. The lowest BCUT2D eigenvalue weighted by atomic mass is 10.1. The van der Waals surface area contributed by atoms with Crippen LogP contribution in [0, 0.1) is 25.5 Å². The summed E-state index contributed by atoms with van der Waals surface area (Å²) in [5.74, 6) is -1.68. The first-order chi connectivity index (χ1) is 11.9. The van der Waals surface area contributed by atoms with E-state index in [1.165, 1.54) is 23.0 Å².